The lowest BCUT2D eigenvalue weighted by Crippen LogP contribution is -2.33. The number of carbonyl (C=O) groups is 1. The van der Waals surface area contributed by atoms with E-state index in [4.69, 9.17) is 5.73 Å². The number of esters is 1. The molecule has 5 nitrogen and oxygen atoms in total. The van der Waals surface area contributed by atoms with Gasteiger partial charge >= 0.3 is 5.97 Å². The van der Waals surface area contributed by atoms with E-state index in [9.17, 15) is 9.18 Å². The van der Waals surface area contributed by atoms with E-state index < -0.39 is 11.8 Å². The van der Waals surface area contributed by atoms with E-state index >= 15 is 0 Å². The molecule has 0 aliphatic carbocycles. The van der Waals surface area contributed by atoms with Crippen LogP contribution in [0.4, 0.5) is 15.8 Å². The summed E-state index contributed by atoms with van der Waals surface area (Å²) in [7, 11) is 1.27. The highest BCUT2D eigenvalue weighted by Gasteiger charge is 2.15. The number of rotatable bonds is 5. The monoisotopic (exact) mass is 295 g/mol. The maximum Gasteiger partial charge on any atom is 0.340 e. The molecule has 21 heavy (non-hydrogen) atoms. The molecule has 0 spiro atoms. The van der Waals surface area contributed by atoms with E-state index in [1.807, 2.05) is 0 Å². The summed E-state index contributed by atoms with van der Waals surface area (Å²) < 4.78 is 18.5. The van der Waals surface area contributed by atoms with Crippen molar-refractivity contribution >= 4 is 17.3 Å². The molecular weight excluding hydrogens is 273 g/mol. The summed E-state index contributed by atoms with van der Waals surface area (Å²) in [5.41, 5.74) is 6.18. The van der Waals surface area contributed by atoms with Gasteiger partial charge in [0.15, 0.2) is 0 Å². The largest absolute Gasteiger partial charge is 0.465 e. The van der Waals surface area contributed by atoms with Crippen LogP contribution < -0.4 is 11.1 Å². The Balaban J connectivity index is 1.97. The van der Waals surface area contributed by atoms with E-state index in [1.54, 1.807) is 0 Å². The number of anilines is 2. The molecule has 1 saturated heterocycles. The Bertz CT molecular complexity index is 502. The Kier molecular flexibility index (Phi) is 5.38. The second-order valence-corrected chi connectivity index (χ2v) is 5.24. The molecule has 1 aliphatic rings. The van der Waals surface area contributed by atoms with Crippen LogP contribution in [0.25, 0.3) is 0 Å². The van der Waals surface area contributed by atoms with Gasteiger partial charge in [0.1, 0.15) is 5.82 Å². The normalized spacial score (nSPS) is 15.7. The zero-order valence-corrected chi connectivity index (χ0v) is 12.3. The number of benzene rings is 1. The van der Waals surface area contributed by atoms with Crippen LogP contribution >= 0.6 is 0 Å². The van der Waals surface area contributed by atoms with Gasteiger partial charge in [-0.25, -0.2) is 9.18 Å². The van der Waals surface area contributed by atoms with Gasteiger partial charge in [-0.3, -0.25) is 0 Å². The van der Waals surface area contributed by atoms with Crippen LogP contribution in [0, 0.1) is 5.82 Å². The maximum atomic E-state index is 13.9. The first kappa shape index (κ1) is 15.6. The summed E-state index contributed by atoms with van der Waals surface area (Å²) in [4.78, 5) is 13.9. The van der Waals surface area contributed by atoms with Crippen molar-refractivity contribution in [2.75, 3.05) is 44.3 Å². The molecule has 0 radical (unpaired) electrons. The van der Waals surface area contributed by atoms with Gasteiger partial charge in [0.2, 0.25) is 0 Å². The fourth-order valence-electron chi connectivity index (χ4n) is 2.54. The number of hydrogen-bond acceptors (Lipinski definition) is 5. The molecule has 1 aromatic rings. The van der Waals surface area contributed by atoms with Crippen molar-refractivity contribution in [1.29, 1.82) is 0 Å². The van der Waals surface area contributed by atoms with Crippen LogP contribution in [0.15, 0.2) is 12.1 Å². The highest BCUT2D eigenvalue weighted by molar-refractivity contribution is 5.96. The topological polar surface area (TPSA) is 67.6 Å². The number of methoxy groups -OCH3 is 1. The summed E-state index contributed by atoms with van der Waals surface area (Å²) in [6, 6.07) is 2.56. The molecule has 0 unspecified atom stereocenters. The minimum Gasteiger partial charge on any atom is -0.465 e. The van der Waals surface area contributed by atoms with Crippen molar-refractivity contribution < 1.29 is 13.9 Å². The van der Waals surface area contributed by atoms with Gasteiger partial charge in [0.05, 0.1) is 18.4 Å². The number of likely N-dealkylation sites (tertiary alicyclic amines) is 1. The number of nitrogens with zero attached hydrogens (tertiary/aromatic N) is 1. The number of halogens is 1. The average molecular weight is 295 g/mol. The third-order valence-electron chi connectivity index (χ3n) is 3.74. The lowest BCUT2D eigenvalue weighted by Gasteiger charge is -2.26. The first-order chi connectivity index (χ1) is 10.1. The molecule has 1 fully saturated rings. The predicted octanol–water partition coefficient (Wildman–Crippen LogP) is 2.09. The Morgan fingerprint density at radius 1 is 1.38 bits per heavy atom. The van der Waals surface area contributed by atoms with Crippen LogP contribution in [0.1, 0.15) is 29.6 Å². The highest BCUT2D eigenvalue weighted by Crippen LogP contribution is 2.22. The minimum atomic E-state index is -0.563. The number of hydrogen-bond donors (Lipinski definition) is 2. The Labute approximate surface area is 124 Å². The first-order valence-electron chi connectivity index (χ1n) is 7.25. The predicted molar refractivity (Wildman–Crippen MR) is 80.9 cm³/mol. The molecule has 6 heteroatoms. The van der Waals surface area contributed by atoms with Crippen LogP contribution in [-0.4, -0.2) is 44.2 Å². The standard InChI is InChI=1S/C15H22FN3O2/c1-21-15(20)11-9-14(12(16)10-13(11)17)18-5-8-19-6-3-2-4-7-19/h9-10,18H,2-8,17H2,1H3. The second kappa shape index (κ2) is 7.26. The zero-order valence-electron chi connectivity index (χ0n) is 12.3. The maximum absolute atomic E-state index is 13.9. The van der Waals surface area contributed by atoms with Crippen LogP contribution in [0.5, 0.6) is 0 Å². The SMILES string of the molecule is COC(=O)c1cc(NCCN2CCCCC2)c(F)cc1N. The van der Waals surface area contributed by atoms with Crippen LogP contribution in [-0.2, 0) is 4.74 Å². The number of ether oxygens (including phenoxy) is 1. The first-order valence-corrected chi connectivity index (χ1v) is 7.25. The van der Waals surface area contributed by atoms with E-state index in [0.29, 0.717) is 6.54 Å². The van der Waals surface area contributed by atoms with E-state index in [0.717, 1.165) is 25.7 Å². The van der Waals surface area contributed by atoms with Gasteiger partial charge in [-0.05, 0) is 38.1 Å². The molecule has 116 valence electrons. The van der Waals surface area contributed by atoms with Gasteiger partial charge in [-0.15, -0.1) is 0 Å². The van der Waals surface area contributed by atoms with Gasteiger partial charge < -0.3 is 20.7 Å². The fraction of sp³-hybridized carbons (Fsp3) is 0.533. The smallest absolute Gasteiger partial charge is 0.340 e. The van der Waals surface area contributed by atoms with Crippen LogP contribution in [0.3, 0.4) is 0 Å². The van der Waals surface area contributed by atoms with Gasteiger partial charge in [0.25, 0.3) is 0 Å². The molecule has 0 amide bonds. The van der Waals surface area contributed by atoms with Crippen LogP contribution in [0.2, 0.25) is 0 Å². The third kappa shape index (κ3) is 4.07. The molecule has 0 bridgehead atoms. The summed E-state index contributed by atoms with van der Waals surface area (Å²) in [6.45, 7) is 3.68. The van der Waals surface area contributed by atoms with E-state index in [1.165, 1.54) is 32.4 Å². The van der Waals surface area contributed by atoms with Gasteiger partial charge in [-0.1, -0.05) is 6.42 Å². The lowest BCUT2D eigenvalue weighted by atomic mass is 10.1. The molecule has 2 rings (SSSR count). The second-order valence-electron chi connectivity index (χ2n) is 5.24. The highest BCUT2D eigenvalue weighted by atomic mass is 19.1. The Morgan fingerprint density at radius 3 is 2.76 bits per heavy atom. The molecule has 1 heterocycles. The van der Waals surface area contributed by atoms with E-state index in [2.05, 4.69) is 15.0 Å². The Morgan fingerprint density at radius 2 is 2.10 bits per heavy atom. The molecule has 3 N–H and O–H groups in total. The summed E-state index contributed by atoms with van der Waals surface area (Å²) in [5.74, 6) is -1.02. The summed E-state index contributed by atoms with van der Waals surface area (Å²) in [6.07, 6.45) is 3.74. The van der Waals surface area contributed by atoms with Crippen molar-refractivity contribution in [3.05, 3.63) is 23.5 Å². The number of nitrogen functional groups attached to an aromatic ring is 1. The summed E-state index contributed by atoms with van der Waals surface area (Å²) in [5, 5.41) is 3.03. The number of carbonyl (C=O) groups excluding carboxylic acids is 1. The molecule has 1 aliphatic heterocycles. The molecule has 0 aromatic heterocycles. The lowest BCUT2D eigenvalue weighted by molar-refractivity contribution is 0.0602. The van der Waals surface area contributed by atoms with Crippen molar-refractivity contribution in [3.8, 4) is 0 Å². The molecular formula is C15H22FN3O2. The fourth-order valence-corrected chi connectivity index (χ4v) is 2.54. The minimum absolute atomic E-state index is 0.0842. The van der Waals surface area contributed by atoms with Gasteiger partial charge in [-0.2, -0.15) is 0 Å². The molecule has 0 saturated carbocycles. The summed E-state index contributed by atoms with van der Waals surface area (Å²) >= 11 is 0. The average Bonchev–Trinajstić information content (AvgIpc) is 2.49. The zero-order chi connectivity index (χ0) is 15.2. The Hall–Kier alpha value is -1.82. The number of nitrogens with two attached hydrogens (primary N) is 1. The van der Waals surface area contributed by atoms with Gasteiger partial charge in [0, 0.05) is 18.8 Å². The number of nitrogens with one attached hydrogen (secondary N) is 1. The number of piperidine rings is 1. The molecule has 1 aromatic carbocycles. The molecule has 0 atom stereocenters. The van der Waals surface area contributed by atoms with Crippen molar-refractivity contribution in [3.63, 3.8) is 0 Å². The van der Waals surface area contributed by atoms with Crippen molar-refractivity contribution in [2.24, 2.45) is 0 Å². The quantitative estimate of drug-likeness (QED) is 0.643. The van der Waals surface area contributed by atoms with Crippen molar-refractivity contribution in [2.45, 2.75) is 19.3 Å². The van der Waals surface area contributed by atoms with Crippen molar-refractivity contribution in [1.82, 2.24) is 4.90 Å². The van der Waals surface area contributed by atoms with E-state index in [-0.39, 0.29) is 16.9 Å². The third-order valence-corrected chi connectivity index (χ3v) is 3.74.